The number of carboxylic acids is 1. The van der Waals surface area contributed by atoms with Crippen molar-refractivity contribution in [3.05, 3.63) is 95.1 Å². The lowest BCUT2D eigenvalue weighted by molar-refractivity contribution is -0.142. The summed E-state index contributed by atoms with van der Waals surface area (Å²) < 4.78 is 14.8. The molecule has 3 N–H and O–H groups in total. The summed E-state index contributed by atoms with van der Waals surface area (Å²) in [6.07, 6.45) is 2.67. The van der Waals surface area contributed by atoms with Gasteiger partial charge in [0.05, 0.1) is 16.8 Å². The molecule has 6 heteroatoms. The maximum absolute atomic E-state index is 14.8. The number of fused-ring (bicyclic) bond motifs is 1. The Morgan fingerprint density at radius 2 is 1.97 bits per heavy atom. The van der Waals surface area contributed by atoms with Gasteiger partial charge in [-0.3, -0.25) is 9.78 Å². The van der Waals surface area contributed by atoms with Crippen molar-refractivity contribution >= 4 is 11.7 Å². The first kappa shape index (κ1) is 23.9. The number of nitrogens with one attached hydrogen (secondary N) is 2. The van der Waals surface area contributed by atoms with Gasteiger partial charge in [-0.2, -0.15) is 0 Å². The third-order valence-corrected chi connectivity index (χ3v) is 6.96. The van der Waals surface area contributed by atoms with Crippen molar-refractivity contribution in [1.29, 1.82) is 0 Å². The van der Waals surface area contributed by atoms with Crippen molar-refractivity contribution in [3.8, 4) is 0 Å². The number of benzene rings is 2. The molecule has 2 aromatic carbocycles. The molecule has 3 atom stereocenters. The predicted octanol–water partition coefficient (Wildman–Crippen LogP) is 5.30. The predicted molar refractivity (Wildman–Crippen MR) is 133 cm³/mol. The van der Waals surface area contributed by atoms with Crippen LogP contribution in [0.2, 0.25) is 0 Å². The summed E-state index contributed by atoms with van der Waals surface area (Å²) in [6.45, 7) is 6.63. The highest BCUT2D eigenvalue weighted by Gasteiger charge is 2.31. The summed E-state index contributed by atoms with van der Waals surface area (Å²) in [6, 6.07) is 19.0. The molecule has 0 radical (unpaired) electrons. The molecule has 0 saturated heterocycles. The van der Waals surface area contributed by atoms with E-state index in [-0.39, 0.29) is 23.7 Å². The molecular formula is C28H32FN3O2. The Labute approximate surface area is 200 Å². The van der Waals surface area contributed by atoms with Crippen LogP contribution in [0.4, 0.5) is 10.1 Å². The van der Waals surface area contributed by atoms with E-state index in [9.17, 15) is 14.3 Å². The summed E-state index contributed by atoms with van der Waals surface area (Å²) in [5.41, 5.74) is 3.36. The summed E-state index contributed by atoms with van der Waals surface area (Å²) in [4.78, 5) is 16.3. The van der Waals surface area contributed by atoms with Crippen LogP contribution < -0.4 is 10.6 Å². The number of hydrogen-bond acceptors (Lipinski definition) is 4. The first-order valence-electron chi connectivity index (χ1n) is 11.8. The second-order valence-corrected chi connectivity index (χ2v) is 9.71. The molecule has 1 aliphatic rings. The topological polar surface area (TPSA) is 74.2 Å². The van der Waals surface area contributed by atoms with E-state index in [1.807, 2.05) is 37.4 Å². The molecule has 1 aliphatic heterocycles. The quantitative estimate of drug-likeness (QED) is 0.424. The first-order valence-corrected chi connectivity index (χ1v) is 11.8. The number of carbonyl (C=O) groups is 1. The average molecular weight is 462 g/mol. The number of halogens is 1. The standard InChI is InChI=1S/C28H32FN3O2/c1-18(22-15-21(11-12-23(22)29)28(2,3)27(33)34)16-32-26(19-8-5-4-6-9-19)20-14-25-24(31-17-20)10-7-13-30-25/h4-13,15,18,20,26,31-32H,14,16-17H2,1-3H3,(H,33,34)/t18-,20+,26+/m0/s1. The zero-order valence-corrected chi connectivity index (χ0v) is 19.9. The minimum atomic E-state index is -1.09. The van der Waals surface area contributed by atoms with Crippen LogP contribution in [0.15, 0.2) is 66.9 Å². The number of anilines is 1. The molecule has 1 aromatic heterocycles. The highest BCUT2D eigenvalue weighted by molar-refractivity contribution is 5.80. The van der Waals surface area contributed by atoms with Crippen LogP contribution in [0.25, 0.3) is 0 Å². The number of rotatable bonds is 8. The van der Waals surface area contributed by atoms with E-state index in [0.717, 1.165) is 24.3 Å². The highest BCUT2D eigenvalue weighted by atomic mass is 19.1. The number of pyridine rings is 1. The molecule has 0 fully saturated rings. The highest BCUT2D eigenvalue weighted by Crippen LogP contribution is 2.33. The van der Waals surface area contributed by atoms with Crippen molar-refractivity contribution in [2.45, 2.75) is 44.6 Å². The minimum absolute atomic E-state index is 0.0630. The molecule has 178 valence electrons. The summed E-state index contributed by atoms with van der Waals surface area (Å²) >= 11 is 0. The third kappa shape index (κ3) is 4.97. The zero-order valence-electron chi connectivity index (χ0n) is 19.9. The van der Waals surface area contributed by atoms with Crippen LogP contribution in [0.3, 0.4) is 0 Å². The Kier molecular flexibility index (Phi) is 6.98. The number of hydrogen-bond donors (Lipinski definition) is 3. The summed E-state index contributed by atoms with van der Waals surface area (Å²) in [5, 5.41) is 16.8. The summed E-state index contributed by atoms with van der Waals surface area (Å²) in [5.74, 6) is -1.11. The fourth-order valence-electron chi connectivity index (χ4n) is 4.62. The van der Waals surface area contributed by atoms with Crippen molar-refractivity contribution in [2.24, 2.45) is 5.92 Å². The molecule has 4 rings (SSSR count). The Balaban J connectivity index is 1.55. The lowest BCUT2D eigenvalue weighted by Gasteiger charge is -2.33. The maximum atomic E-state index is 14.8. The van der Waals surface area contributed by atoms with Gasteiger partial charge < -0.3 is 15.7 Å². The molecule has 34 heavy (non-hydrogen) atoms. The van der Waals surface area contributed by atoms with E-state index in [4.69, 9.17) is 0 Å². The van der Waals surface area contributed by atoms with Crippen LogP contribution in [0.1, 0.15) is 55.1 Å². The van der Waals surface area contributed by atoms with E-state index in [1.54, 1.807) is 26.0 Å². The normalized spacial score (nSPS) is 17.4. The van der Waals surface area contributed by atoms with Crippen molar-refractivity contribution in [2.75, 3.05) is 18.4 Å². The maximum Gasteiger partial charge on any atom is 0.313 e. The van der Waals surface area contributed by atoms with Gasteiger partial charge in [0.25, 0.3) is 0 Å². The molecule has 0 amide bonds. The van der Waals surface area contributed by atoms with Crippen LogP contribution >= 0.6 is 0 Å². The van der Waals surface area contributed by atoms with E-state index >= 15 is 0 Å². The van der Waals surface area contributed by atoms with Crippen molar-refractivity contribution in [3.63, 3.8) is 0 Å². The molecule has 3 aromatic rings. The van der Waals surface area contributed by atoms with Gasteiger partial charge in [0, 0.05) is 31.2 Å². The monoisotopic (exact) mass is 461 g/mol. The van der Waals surface area contributed by atoms with Gasteiger partial charge >= 0.3 is 5.97 Å². The lowest BCUT2D eigenvalue weighted by atomic mass is 9.82. The number of nitrogens with zero attached hydrogens (tertiary/aromatic N) is 1. The Bertz CT molecular complexity index is 1150. The number of aromatic nitrogens is 1. The molecule has 0 bridgehead atoms. The van der Waals surface area contributed by atoms with Crippen molar-refractivity contribution in [1.82, 2.24) is 10.3 Å². The average Bonchev–Trinajstić information content (AvgIpc) is 2.84. The van der Waals surface area contributed by atoms with Crippen LogP contribution in [0.5, 0.6) is 0 Å². The molecule has 2 heterocycles. The van der Waals surface area contributed by atoms with E-state index < -0.39 is 11.4 Å². The number of carboxylic acid groups (broad SMARTS) is 1. The Hall–Kier alpha value is -3.25. The Morgan fingerprint density at radius 3 is 2.71 bits per heavy atom. The zero-order chi connectivity index (χ0) is 24.3. The fourth-order valence-corrected chi connectivity index (χ4v) is 4.62. The smallest absolute Gasteiger partial charge is 0.313 e. The van der Waals surface area contributed by atoms with Gasteiger partial charge in [0.15, 0.2) is 0 Å². The molecule has 0 saturated carbocycles. The van der Waals surface area contributed by atoms with E-state index in [2.05, 4.69) is 33.8 Å². The number of aliphatic carboxylic acids is 1. The second kappa shape index (κ2) is 9.94. The SMILES string of the molecule is C[C@@H](CN[C@H](c1ccccc1)[C@H]1CNc2cccnc2C1)c1cc(C(C)(C)C(=O)O)ccc1F. The van der Waals surface area contributed by atoms with E-state index in [1.165, 1.54) is 11.6 Å². The molecular weight excluding hydrogens is 429 g/mol. The Morgan fingerprint density at radius 1 is 1.21 bits per heavy atom. The molecule has 0 unspecified atom stereocenters. The van der Waals surface area contributed by atoms with Gasteiger partial charge in [0.2, 0.25) is 0 Å². The minimum Gasteiger partial charge on any atom is -0.481 e. The molecule has 0 spiro atoms. The first-order chi connectivity index (χ1) is 16.3. The fraction of sp³-hybridized carbons (Fsp3) is 0.357. The third-order valence-electron chi connectivity index (χ3n) is 6.96. The van der Waals surface area contributed by atoms with Crippen LogP contribution in [0, 0.1) is 11.7 Å². The molecule has 0 aliphatic carbocycles. The van der Waals surface area contributed by atoms with Gasteiger partial charge in [-0.1, -0.05) is 49.4 Å². The van der Waals surface area contributed by atoms with Gasteiger partial charge in [-0.05, 0) is 61.1 Å². The lowest BCUT2D eigenvalue weighted by Crippen LogP contribution is -2.38. The van der Waals surface area contributed by atoms with Gasteiger partial charge in [0.1, 0.15) is 5.82 Å². The second-order valence-electron chi connectivity index (χ2n) is 9.71. The summed E-state index contributed by atoms with van der Waals surface area (Å²) in [7, 11) is 0. The van der Waals surface area contributed by atoms with Crippen molar-refractivity contribution < 1.29 is 14.3 Å². The van der Waals surface area contributed by atoms with Gasteiger partial charge in [-0.15, -0.1) is 0 Å². The van der Waals surface area contributed by atoms with E-state index in [0.29, 0.717) is 17.7 Å². The van der Waals surface area contributed by atoms with Crippen LogP contribution in [-0.2, 0) is 16.6 Å². The van der Waals surface area contributed by atoms with Gasteiger partial charge in [-0.25, -0.2) is 4.39 Å². The molecule has 5 nitrogen and oxygen atoms in total. The largest absolute Gasteiger partial charge is 0.481 e. The van der Waals surface area contributed by atoms with Crippen LogP contribution in [-0.4, -0.2) is 29.1 Å².